The molecule has 0 unspecified atom stereocenters. The van der Waals surface area contributed by atoms with Gasteiger partial charge in [0.15, 0.2) is 0 Å². The molecule has 0 heterocycles. The first-order chi connectivity index (χ1) is 7.74. The molecule has 0 amide bonds. The summed E-state index contributed by atoms with van der Waals surface area (Å²) in [4.78, 5) is 0. The van der Waals surface area contributed by atoms with Crippen molar-refractivity contribution in [3.8, 4) is 0 Å². The van der Waals surface area contributed by atoms with E-state index in [0.717, 1.165) is 12.0 Å². The van der Waals surface area contributed by atoms with Gasteiger partial charge in [0.1, 0.15) is 0 Å². The molecule has 0 spiro atoms. The van der Waals surface area contributed by atoms with Gasteiger partial charge in [-0.05, 0) is 56.3 Å². The van der Waals surface area contributed by atoms with Gasteiger partial charge in [-0.3, -0.25) is 0 Å². The Bertz CT molecular complexity index is 197. The third-order valence-electron chi connectivity index (χ3n) is 5.20. The van der Waals surface area contributed by atoms with Crippen LogP contribution >= 0.6 is 0 Å². The summed E-state index contributed by atoms with van der Waals surface area (Å²) < 4.78 is 0. The molecule has 2 rings (SSSR count). The summed E-state index contributed by atoms with van der Waals surface area (Å²) in [6.45, 7) is 6.08. The van der Waals surface area contributed by atoms with Crippen LogP contribution in [0.1, 0.15) is 71.6 Å². The number of rotatable bonds is 4. The first-order valence-corrected chi connectivity index (χ1v) is 7.47. The Hall–Kier alpha value is -0.0400. The fourth-order valence-electron chi connectivity index (χ4n) is 3.61. The van der Waals surface area contributed by atoms with Crippen LogP contribution in [0.3, 0.4) is 0 Å². The topological polar surface area (TPSA) is 12.0 Å². The Kier molecular flexibility index (Phi) is 4.29. The Morgan fingerprint density at radius 3 is 2.25 bits per heavy atom. The molecule has 2 aliphatic rings. The molecule has 2 saturated carbocycles. The molecule has 0 aliphatic heterocycles. The summed E-state index contributed by atoms with van der Waals surface area (Å²) in [7, 11) is 0. The van der Waals surface area contributed by atoms with Crippen LogP contribution in [-0.4, -0.2) is 12.6 Å². The maximum atomic E-state index is 3.88. The van der Waals surface area contributed by atoms with Crippen LogP contribution in [0, 0.1) is 11.3 Å². The van der Waals surface area contributed by atoms with Crippen molar-refractivity contribution in [2.45, 2.75) is 77.7 Å². The molecule has 0 bridgehead atoms. The standard InChI is InChI=1S/C15H29N/c1-3-15(10-4-5-11-15)12-16-14-8-6-13(2)7-9-14/h13-14,16H,3-12H2,1-2H3. The molecule has 2 fully saturated rings. The second kappa shape index (κ2) is 5.53. The second-order valence-corrected chi connectivity index (χ2v) is 6.40. The van der Waals surface area contributed by atoms with E-state index < -0.39 is 0 Å². The molecule has 1 N–H and O–H groups in total. The smallest absolute Gasteiger partial charge is 0.00674 e. The van der Waals surface area contributed by atoms with Gasteiger partial charge in [0.05, 0.1) is 0 Å². The van der Waals surface area contributed by atoms with Crippen LogP contribution in [0.15, 0.2) is 0 Å². The largest absolute Gasteiger partial charge is 0.313 e. The molecule has 0 atom stereocenters. The van der Waals surface area contributed by atoms with Gasteiger partial charge in [0, 0.05) is 12.6 Å². The maximum Gasteiger partial charge on any atom is 0.00674 e. The van der Waals surface area contributed by atoms with Gasteiger partial charge in [-0.15, -0.1) is 0 Å². The van der Waals surface area contributed by atoms with E-state index in [0.29, 0.717) is 5.41 Å². The lowest BCUT2D eigenvalue weighted by Gasteiger charge is -2.33. The average Bonchev–Trinajstić information content (AvgIpc) is 2.78. The van der Waals surface area contributed by atoms with Crippen LogP contribution in [-0.2, 0) is 0 Å². The lowest BCUT2D eigenvalue weighted by Crippen LogP contribution is -2.40. The average molecular weight is 223 g/mol. The third kappa shape index (κ3) is 3.00. The SMILES string of the molecule is CCC1(CNC2CCC(C)CC2)CCCC1. The lowest BCUT2D eigenvalue weighted by atomic mass is 9.82. The molecule has 0 aromatic rings. The minimum absolute atomic E-state index is 0.670. The fraction of sp³-hybridized carbons (Fsp3) is 1.00. The molecule has 0 saturated heterocycles. The number of hydrogen-bond donors (Lipinski definition) is 1. The van der Waals surface area contributed by atoms with Gasteiger partial charge in [0.2, 0.25) is 0 Å². The Morgan fingerprint density at radius 2 is 1.69 bits per heavy atom. The van der Waals surface area contributed by atoms with Crippen LogP contribution in [0.4, 0.5) is 0 Å². The molecule has 1 nitrogen and oxygen atoms in total. The molecular weight excluding hydrogens is 194 g/mol. The number of nitrogens with one attached hydrogen (secondary N) is 1. The molecule has 16 heavy (non-hydrogen) atoms. The lowest BCUT2D eigenvalue weighted by molar-refractivity contribution is 0.228. The van der Waals surface area contributed by atoms with E-state index in [2.05, 4.69) is 19.2 Å². The van der Waals surface area contributed by atoms with Crippen molar-refractivity contribution in [2.75, 3.05) is 6.54 Å². The summed E-state index contributed by atoms with van der Waals surface area (Å²) in [5.41, 5.74) is 0.670. The zero-order valence-corrected chi connectivity index (χ0v) is 11.2. The molecule has 1 heteroatoms. The molecule has 2 aliphatic carbocycles. The maximum absolute atomic E-state index is 3.88. The summed E-state index contributed by atoms with van der Waals surface area (Å²) >= 11 is 0. The van der Waals surface area contributed by atoms with Crippen molar-refractivity contribution in [3.05, 3.63) is 0 Å². The summed E-state index contributed by atoms with van der Waals surface area (Å²) in [5, 5.41) is 3.88. The van der Waals surface area contributed by atoms with Gasteiger partial charge < -0.3 is 5.32 Å². The first-order valence-electron chi connectivity index (χ1n) is 7.47. The van der Waals surface area contributed by atoms with Crippen molar-refractivity contribution in [3.63, 3.8) is 0 Å². The van der Waals surface area contributed by atoms with Gasteiger partial charge in [0.25, 0.3) is 0 Å². The van der Waals surface area contributed by atoms with E-state index in [-0.39, 0.29) is 0 Å². The van der Waals surface area contributed by atoms with Crippen LogP contribution < -0.4 is 5.32 Å². The number of hydrogen-bond acceptors (Lipinski definition) is 1. The highest BCUT2D eigenvalue weighted by molar-refractivity contribution is 4.87. The Balaban J connectivity index is 1.73. The molecule has 0 aromatic heterocycles. The zero-order chi connectivity index (χ0) is 11.4. The zero-order valence-electron chi connectivity index (χ0n) is 11.2. The summed E-state index contributed by atoms with van der Waals surface area (Å²) in [6.07, 6.45) is 13.0. The van der Waals surface area contributed by atoms with Crippen molar-refractivity contribution < 1.29 is 0 Å². The summed E-state index contributed by atoms with van der Waals surface area (Å²) in [6, 6.07) is 0.834. The van der Waals surface area contributed by atoms with E-state index in [1.165, 1.54) is 64.3 Å². The van der Waals surface area contributed by atoms with Gasteiger partial charge in [-0.2, -0.15) is 0 Å². The van der Waals surface area contributed by atoms with E-state index >= 15 is 0 Å². The van der Waals surface area contributed by atoms with Gasteiger partial charge in [-0.25, -0.2) is 0 Å². The molecular formula is C15H29N. The van der Waals surface area contributed by atoms with Gasteiger partial charge in [-0.1, -0.05) is 26.7 Å². The first kappa shape index (κ1) is 12.4. The minimum atomic E-state index is 0.670. The van der Waals surface area contributed by atoms with Gasteiger partial charge >= 0.3 is 0 Å². The summed E-state index contributed by atoms with van der Waals surface area (Å²) in [5.74, 6) is 0.977. The van der Waals surface area contributed by atoms with Crippen molar-refractivity contribution in [1.29, 1.82) is 0 Å². The van der Waals surface area contributed by atoms with E-state index in [1.54, 1.807) is 0 Å². The Morgan fingerprint density at radius 1 is 1.06 bits per heavy atom. The normalized spacial score (nSPS) is 34.1. The van der Waals surface area contributed by atoms with Crippen LogP contribution in [0.2, 0.25) is 0 Å². The van der Waals surface area contributed by atoms with Crippen molar-refractivity contribution in [1.82, 2.24) is 5.32 Å². The van der Waals surface area contributed by atoms with Crippen molar-refractivity contribution in [2.24, 2.45) is 11.3 Å². The predicted molar refractivity (Wildman–Crippen MR) is 70.6 cm³/mol. The van der Waals surface area contributed by atoms with E-state index in [9.17, 15) is 0 Å². The highest BCUT2D eigenvalue weighted by Gasteiger charge is 2.32. The monoisotopic (exact) mass is 223 g/mol. The second-order valence-electron chi connectivity index (χ2n) is 6.40. The van der Waals surface area contributed by atoms with Crippen LogP contribution in [0.5, 0.6) is 0 Å². The third-order valence-corrected chi connectivity index (χ3v) is 5.20. The van der Waals surface area contributed by atoms with E-state index in [4.69, 9.17) is 0 Å². The highest BCUT2D eigenvalue weighted by atomic mass is 14.9. The van der Waals surface area contributed by atoms with Crippen LogP contribution in [0.25, 0.3) is 0 Å². The highest BCUT2D eigenvalue weighted by Crippen LogP contribution is 2.40. The molecule has 0 aromatic carbocycles. The molecule has 0 radical (unpaired) electrons. The molecule has 94 valence electrons. The quantitative estimate of drug-likeness (QED) is 0.756. The minimum Gasteiger partial charge on any atom is -0.313 e. The van der Waals surface area contributed by atoms with Crippen molar-refractivity contribution >= 4 is 0 Å². The predicted octanol–water partition coefficient (Wildman–Crippen LogP) is 4.13. The Labute approximate surface area is 101 Å². The van der Waals surface area contributed by atoms with E-state index in [1.807, 2.05) is 0 Å². The fourth-order valence-corrected chi connectivity index (χ4v) is 3.61.